The molecule has 2 aromatic rings. The van der Waals surface area contributed by atoms with E-state index in [9.17, 15) is 0 Å². The van der Waals surface area contributed by atoms with Crippen LogP contribution < -0.4 is 11.5 Å². The van der Waals surface area contributed by atoms with Crippen molar-refractivity contribution in [1.29, 1.82) is 0 Å². The Hall–Kier alpha value is -2.11. The molecule has 0 aliphatic heterocycles. The molecule has 2 unspecified atom stereocenters. The molecule has 0 bridgehead atoms. The molecule has 106 valence electrons. The predicted molar refractivity (Wildman–Crippen MR) is 78.6 cm³/mol. The van der Waals surface area contributed by atoms with E-state index in [0.717, 1.165) is 23.9 Å². The number of benzene rings is 1. The van der Waals surface area contributed by atoms with Crippen molar-refractivity contribution in [2.24, 2.45) is 11.8 Å². The van der Waals surface area contributed by atoms with E-state index in [1.807, 2.05) is 16.8 Å². The van der Waals surface area contributed by atoms with Crippen molar-refractivity contribution in [2.75, 3.05) is 11.5 Å². The first kappa shape index (κ1) is 12.9. The van der Waals surface area contributed by atoms with Gasteiger partial charge in [-0.15, -0.1) is 5.10 Å². The number of hydrogen-bond acceptors (Lipinski definition) is 5. The van der Waals surface area contributed by atoms with Gasteiger partial charge in [0.2, 0.25) is 0 Å². The molecule has 0 amide bonds. The van der Waals surface area contributed by atoms with E-state index in [1.54, 1.807) is 6.07 Å². The van der Waals surface area contributed by atoms with Crippen LogP contribution in [0.2, 0.25) is 0 Å². The Kier molecular flexibility index (Phi) is 3.30. The molecular weight excluding hydrogens is 252 g/mol. The van der Waals surface area contributed by atoms with E-state index >= 15 is 0 Å². The highest BCUT2D eigenvalue weighted by atomic mass is 15.5. The summed E-state index contributed by atoms with van der Waals surface area (Å²) >= 11 is 0. The zero-order valence-electron chi connectivity index (χ0n) is 11.7. The number of aromatic nitrogens is 4. The summed E-state index contributed by atoms with van der Waals surface area (Å²) in [4.78, 5) is 0. The van der Waals surface area contributed by atoms with Crippen LogP contribution in [0, 0.1) is 11.8 Å². The van der Waals surface area contributed by atoms with Crippen LogP contribution >= 0.6 is 0 Å². The molecule has 3 rings (SSSR count). The van der Waals surface area contributed by atoms with Gasteiger partial charge in [0.15, 0.2) is 5.82 Å². The maximum absolute atomic E-state index is 5.84. The lowest BCUT2D eigenvalue weighted by molar-refractivity contribution is 0.412. The summed E-state index contributed by atoms with van der Waals surface area (Å²) in [7, 11) is 0. The van der Waals surface area contributed by atoms with Gasteiger partial charge in [-0.2, -0.15) is 0 Å². The topological polar surface area (TPSA) is 95.6 Å². The van der Waals surface area contributed by atoms with Crippen molar-refractivity contribution >= 4 is 11.4 Å². The van der Waals surface area contributed by atoms with Crippen molar-refractivity contribution in [3.05, 3.63) is 18.2 Å². The standard InChI is InChI=1S/C14H20N6/c1-9-2-3-10(4-9)8-20-14(17-18-19-20)11-5-12(15)7-13(16)6-11/h5-7,9-10H,2-4,8,15-16H2,1H3. The van der Waals surface area contributed by atoms with E-state index in [0.29, 0.717) is 17.3 Å². The second kappa shape index (κ2) is 5.11. The fourth-order valence-corrected chi connectivity index (χ4v) is 3.08. The number of nitrogens with zero attached hydrogens (tertiary/aromatic N) is 4. The highest BCUT2D eigenvalue weighted by Crippen LogP contribution is 2.32. The van der Waals surface area contributed by atoms with Gasteiger partial charge in [0, 0.05) is 23.5 Å². The lowest BCUT2D eigenvalue weighted by atomic mass is 10.1. The third kappa shape index (κ3) is 2.59. The molecule has 4 N–H and O–H groups in total. The molecule has 6 heteroatoms. The van der Waals surface area contributed by atoms with Crippen molar-refractivity contribution in [1.82, 2.24) is 20.2 Å². The maximum atomic E-state index is 5.84. The van der Waals surface area contributed by atoms with Gasteiger partial charge in [0.05, 0.1) is 0 Å². The van der Waals surface area contributed by atoms with Crippen LogP contribution in [-0.4, -0.2) is 20.2 Å². The van der Waals surface area contributed by atoms with Gasteiger partial charge in [-0.25, -0.2) is 4.68 Å². The molecule has 1 aliphatic carbocycles. The summed E-state index contributed by atoms with van der Waals surface area (Å²) in [5.41, 5.74) is 13.8. The molecule has 2 atom stereocenters. The molecule has 0 saturated heterocycles. The number of rotatable bonds is 3. The van der Waals surface area contributed by atoms with E-state index in [4.69, 9.17) is 11.5 Å². The Bertz CT molecular complexity index is 585. The number of anilines is 2. The van der Waals surface area contributed by atoms with Crippen molar-refractivity contribution in [2.45, 2.75) is 32.7 Å². The summed E-state index contributed by atoms with van der Waals surface area (Å²) in [5, 5.41) is 12.0. The van der Waals surface area contributed by atoms with Crippen LogP contribution in [0.4, 0.5) is 11.4 Å². The maximum Gasteiger partial charge on any atom is 0.182 e. The second-order valence-electron chi connectivity index (χ2n) is 5.86. The van der Waals surface area contributed by atoms with E-state index in [1.165, 1.54) is 19.3 Å². The van der Waals surface area contributed by atoms with Gasteiger partial charge in [-0.1, -0.05) is 13.3 Å². The summed E-state index contributed by atoms with van der Waals surface area (Å²) in [6.07, 6.45) is 3.80. The first-order valence-corrected chi connectivity index (χ1v) is 7.04. The Morgan fingerprint density at radius 3 is 2.60 bits per heavy atom. The first-order chi connectivity index (χ1) is 9.61. The average molecular weight is 272 g/mol. The van der Waals surface area contributed by atoms with Gasteiger partial charge in [-0.3, -0.25) is 0 Å². The van der Waals surface area contributed by atoms with Gasteiger partial charge >= 0.3 is 0 Å². The SMILES string of the molecule is CC1CCC(Cn2nnnc2-c2cc(N)cc(N)c2)C1. The molecule has 1 fully saturated rings. The van der Waals surface area contributed by atoms with Gasteiger partial charge in [-0.05, 0) is 53.3 Å². The fourth-order valence-electron chi connectivity index (χ4n) is 3.08. The third-order valence-corrected chi connectivity index (χ3v) is 4.00. The molecular formula is C14H20N6. The molecule has 1 aromatic heterocycles. The minimum absolute atomic E-state index is 0.629. The number of hydrogen-bond donors (Lipinski definition) is 2. The Labute approximate surface area is 118 Å². The molecule has 1 heterocycles. The molecule has 1 saturated carbocycles. The minimum Gasteiger partial charge on any atom is -0.399 e. The highest BCUT2D eigenvalue weighted by Gasteiger charge is 2.23. The first-order valence-electron chi connectivity index (χ1n) is 7.04. The normalized spacial score (nSPS) is 22.2. The molecule has 0 spiro atoms. The quantitative estimate of drug-likeness (QED) is 0.832. The number of tetrazole rings is 1. The zero-order chi connectivity index (χ0) is 14.1. The van der Waals surface area contributed by atoms with Crippen LogP contribution in [0.25, 0.3) is 11.4 Å². The highest BCUT2D eigenvalue weighted by molar-refractivity contribution is 5.67. The Morgan fingerprint density at radius 1 is 1.20 bits per heavy atom. The van der Waals surface area contributed by atoms with Crippen molar-refractivity contribution in [3.8, 4) is 11.4 Å². The van der Waals surface area contributed by atoms with Crippen LogP contribution in [0.3, 0.4) is 0 Å². The van der Waals surface area contributed by atoms with Crippen LogP contribution in [0.15, 0.2) is 18.2 Å². The molecule has 6 nitrogen and oxygen atoms in total. The van der Waals surface area contributed by atoms with E-state index in [2.05, 4.69) is 22.4 Å². The summed E-state index contributed by atoms with van der Waals surface area (Å²) in [5.74, 6) is 2.21. The average Bonchev–Trinajstić information content (AvgIpc) is 2.98. The van der Waals surface area contributed by atoms with Crippen LogP contribution in [0.1, 0.15) is 26.2 Å². The lowest BCUT2D eigenvalue weighted by Crippen LogP contribution is -2.11. The smallest absolute Gasteiger partial charge is 0.182 e. The summed E-state index contributed by atoms with van der Waals surface area (Å²) in [6, 6.07) is 5.45. The fraction of sp³-hybridized carbons (Fsp3) is 0.500. The molecule has 1 aliphatic rings. The van der Waals surface area contributed by atoms with E-state index < -0.39 is 0 Å². The monoisotopic (exact) mass is 272 g/mol. The zero-order valence-corrected chi connectivity index (χ0v) is 11.7. The van der Waals surface area contributed by atoms with Gasteiger partial charge < -0.3 is 11.5 Å². The number of nitrogen functional groups attached to an aromatic ring is 2. The van der Waals surface area contributed by atoms with Crippen molar-refractivity contribution in [3.63, 3.8) is 0 Å². The van der Waals surface area contributed by atoms with Gasteiger partial charge in [0.1, 0.15) is 0 Å². The largest absolute Gasteiger partial charge is 0.399 e. The second-order valence-corrected chi connectivity index (χ2v) is 5.86. The Morgan fingerprint density at radius 2 is 1.95 bits per heavy atom. The predicted octanol–water partition coefficient (Wildman–Crippen LogP) is 1.94. The minimum atomic E-state index is 0.629. The Balaban J connectivity index is 1.86. The van der Waals surface area contributed by atoms with Crippen LogP contribution in [-0.2, 0) is 6.54 Å². The number of nitrogens with two attached hydrogens (primary N) is 2. The summed E-state index contributed by atoms with van der Waals surface area (Å²) < 4.78 is 1.87. The molecule has 1 aromatic carbocycles. The summed E-state index contributed by atoms with van der Waals surface area (Å²) in [6.45, 7) is 3.17. The molecule has 20 heavy (non-hydrogen) atoms. The third-order valence-electron chi connectivity index (χ3n) is 4.00. The lowest BCUT2D eigenvalue weighted by Gasteiger charge is -2.11. The van der Waals surface area contributed by atoms with Crippen LogP contribution in [0.5, 0.6) is 0 Å². The molecule has 0 radical (unpaired) electrons. The van der Waals surface area contributed by atoms with Crippen molar-refractivity contribution < 1.29 is 0 Å². The van der Waals surface area contributed by atoms with Gasteiger partial charge in [0.25, 0.3) is 0 Å². The van der Waals surface area contributed by atoms with E-state index in [-0.39, 0.29) is 0 Å².